The summed E-state index contributed by atoms with van der Waals surface area (Å²) in [6.07, 6.45) is 1.52. The highest BCUT2D eigenvalue weighted by Crippen LogP contribution is 2.18. The van der Waals surface area contributed by atoms with E-state index in [9.17, 15) is 14.7 Å². The molecule has 1 aromatic heterocycles. The Kier molecular flexibility index (Phi) is 7.60. The predicted molar refractivity (Wildman–Crippen MR) is 123 cm³/mol. The lowest BCUT2D eigenvalue weighted by atomic mass is 10.2. The fourth-order valence-electron chi connectivity index (χ4n) is 2.92. The van der Waals surface area contributed by atoms with E-state index in [1.807, 2.05) is 0 Å². The number of pyridine rings is 1. The van der Waals surface area contributed by atoms with Gasteiger partial charge in [-0.3, -0.25) is 9.78 Å². The van der Waals surface area contributed by atoms with Crippen LogP contribution in [0.1, 0.15) is 16.1 Å². The topological polar surface area (TPSA) is 130 Å². The minimum absolute atomic E-state index is 0.136. The van der Waals surface area contributed by atoms with Crippen LogP contribution in [0.5, 0.6) is 5.75 Å². The van der Waals surface area contributed by atoms with Crippen LogP contribution < -0.4 is 21.1 Å². The molecule has 0 saturated carbocycles. The highest BCUT2D eigenvalue weighted by molar-refractivity contribution is 6.04. The van der Waals surface area contributed by atoms with Crippen LogP contribution in [0.4, 0.5) is 21.9 Å². The SMILES string of the molecule is COc1ccc(NC(=O)N(CCO)Cc2ccc(C(=O)Nc3ccccc3N)nc2)cc1. The van der Waals surface area contributed by atoms with E-state index in [1.165, 1.54) is 11.1 Å². The van der Waals surface area contributed by atoms with Crippen molar-refractivity contribution in [3.05, 3.63) is 78.1 Å². The Morgan fingerprint density at radius 1 is 1.06 bits per heavy atom. The van der Waals surface area contributed by atoms with Gasteiger partial charge in [0.1, 0.15) is 11.4 Å². The van der Waals surface area contributed by atoms with Crippen molar-refractivity contribution < 1.29 is 19.4 Å². The van der Waals surface area contributed by atoms with Gasteiger partial charge in [0.2, 0.25) is 0 Å². The number of hydrogen-bond acceptors (Lipinski definition) is 6. The molecule has 0 fully saturated rings. The van der Waals surface area contributed by atoms with Crippen molar-refractivity contribution in [2.75, 3.05) is 36.6 Å². The predicted octanol–water partition coefficient (Wildman–Crippen LogP) is 2.95. The average molecular weight is 435 g/mol. The van der Waals surface area contributed by atoms with Crippen LogP contribution in [0.25, 0.3) is 0 Å². The summed E-state index contributed by atoms with van der Waals surface area (Å²) in [5.41, 5.74) is 8.34. The highest BCUT2D eigenvalue weighted by atomic mass is 16.5. The lowest BCUT2D eigenvalue weighted by Crippen LogP contribution is -2.36. The minimum Gasteiger partial charge on any atom is -0.497 e. The number of carbonyl (C=O) groups excluding carboxylic acids is 2. The third-order valence-corrected chi connectivity index (χ3v) is 4.64. The smallest absolute Gasteiger partial charge is 0.322 e. The normalized spacial score (nSPS) is 10.3. The minimum atomic E-state index is -0.390. The molecule has 3 aromatic rings. The molecule has 3 amide bonds. The standard InChI is InChI=1S/C23H25N5O4/c1-32-18-9-7-17(8-10-18)26-23(31)28(12-13-29)15-16-6-11-21(25-14-16)22(30)27-20-5-3-2-4-19(20)24/h2-11,14,29H,12-13,15,24H2,1H3,(H,26,31)(H,27,30). The van der Waals surface area contributed by atoms with Gasteiger partial charge in [-0.2, -0.15) is 0 Å². The van der Waals surface area contributed by atoms with Crippen LogP contribution in [-0.2, 0) is 6.54 Å². The first kappa shape index (κ1) is 22.6. The summed E-state index contributed by atoms with van der Waals surface area (Å²) in [7, 11) is 1.57. The van der Waals surface area contributed by atoms with Crippen molar-refractivity contribution in [3.8, 4) is 5.75 Å². The van der Waals surface area contributed by atoms with Crippen LogP contribution in [0.15, 0.2) is 66.9 Å². The first-order chi connectivity index (χ1) is 15.5. The van der Waals surface area contributed by atoms with Gasteiger partial charge in [-0.25, -0.2) is 4.79 Å². The Hall–Kier alpha value is -4.11. The molecular formula is C23H25N5O4. The number of urea groups is 1. The van der Waals surface area contributed by atoms with Gasteiger partial charge < -0.3 is 31.1 Å². The maximum absolute atomic E-state index is 12.6. The van der Waals surface area contributed by atoms with Gasteiger partial charge in [0.15, 0.2) is 0 Å². The fourth-order valence-corrected chi connectivity index (χ4v) is 2.92. The number of rotatable bonds is 8. The van der Waals surface area contributed by atoms with Gasteiger partial charge in [0.05, 0.1) is 25.1 Å². The molecule has 2 aromatic carbocycles. The van der Waals surface area contributed by atoms with Crippen LogP contribution in [0, 0.1) is 0 Å². The van der Waals surface area contributed by atoms with Crippen LogP contribution >= 0.6 is 0 Å². The van der Waals surface area contributed by atoms with E-state index in [2.05, 4.69) is 15.6 Å². The van der Waals surface area contributed by atoms with Crippen LogP contribution in [0.2, 0.25) is 0 Å². The lowest BCUT2D eigenvalue weighted by molar-refractivity contribution is 0.102. The number of carbonyl (C=O) groups is 2. The number of nitrogens with two attached hydrogens (primary N) is 1. The van der Waals surface area contributed by atoms with Crippen molar-refractivity contribution >= 4 is 29.0 Å². The van der Waals surface area contributed by atoms with Crippen molar-refractivity contribution in [2.45, 2.75) is 6.54 Å². The van der Waals surface area contributed by atoms with Crippen LogP contribution in [-0.4, -0.2) is 47.2 Å². The fraction of sp³-hybridized carbons (Fsp3) is 0.174. The van der Waals surface area contributed by atoms with Crippen molar-refractivity contribution in [3.63, 3.8) is 0 Å². The van der Waals surface area contributed by atoms with E-state index < -0.39 is 0 Å². The molecule has 0 spiro atoms. The first-order valence-corrected chi connectivity index (χ1v) is 9.92. The van der Waals surface area contributed by atoms with Gasteiger partial charge >= 0.3 is 6.03 Å². The molecule has 0 bridgehead atoms. The summed E-state index contributed by atoms with van der Waals surface area (Å²) < 4.78 is 5.11. The molecule has 0 aliphatic rings. The van der Waals surface area contributed by atoms with Crippen molar-refractivity contribution in [1.29, 1.82) is 0 Å². The Morgan fingerprint density at radius 3 is 2.44 bits per heavy atom. The third kappa shape index (κ3) is 5.96. The molecule has 166 valence electrons. The summed E-state index contributed by atoms with van der Waals surface area (Å²) in [6.45, 7) is 0.156. The zero-order valence-corrected chi connectivity index (χ0v) is 17.6. The average Bonchev–Trinajstić information content (AvgIpc) is 2.81. The number of nitrogens with zero attached hydrogens (tertiary/aromatic N) is 2. The number of aliphatic hydroxyl groups excluding tert-OH is 1. The lowest BCUT2D eigenvalue weighted by Gasteiger charge is -2.22. The van der Waals surface area contributed by atoms with E-state index in [0.29, 0.717) is 28.4 Å². The quantitative estimate of drug-likeness (QED) is 0.403. The number of amides is 3. The number of hydrogen-bond donors (Lipinski definition) is 4. The molecule has 5 N–H and O–H groups in total. The number of nitrogens with one attached hydrogen (secondary N) is 2. The largest absolute Gasteiger partial charge is 0.497 e. The Bertz CT molecular complexity index is 1050. The summed E-state index contributed by atoms with van der Waals surface area (Å²) in [6, 6.07) is 16.8. The third-order valence-electron chi connectivity index (χ3n) is 4.64. The van der Waals surface area contributed by atoms with Crippen molar-refractivity contribution in [2.24, 2.45) is 0 Å². The molecule has 0 radical (unpaired) electrons. The molecule has 3 rings (SSSR count). The molecular weight excluding hydrogens is 410 g/mol. The molecule has 0 atom stereocenters. The number of benzene rings is 2. The maximum atomic E-state index is 12.6. The molecule has 9 heteroatoms. The zero-order chi connectivity index (χ0) is 22.9. The van der Waals surface area contributed by atoms with E-state index in [0.717, 1.165) is 0 Å². The van der Waals surface area contributed by atoms with Crippen molar-refractivity contribution in [1.82, 2.24) is 9.88 Å². The Labute approximate surface area is 185 Å². The van der Waals surface area contributed by atoms with Gasteiger partial charge in [-0.1, -0.05) is 18.2 Å². The number of ether oxygens (including phenoxy) is 1. The zero-order valence-electron chi connectivity index (χ0n) is 17.6. The molecule has 32 heavy (non-hydrogen) atoms. The van der Waals surface area contributed by atoms with Gasteiger partial charge in [0.25, 0.3) is 5.91 Å². The van der Waals surface area contributed by atoms with E-state index in [4.69, 9.17) is 10.5 Å². The van der Waals surface area contributed by atoms with E-state index >= 15 is 0 Å². The van der Waals surface area contributed by atoms with E-state index in [1.54, 1.807) is 67.8 Å². The molecule has 1 heterocycles. The van der Waals surface area contributed by atoms with Gasteiger partial charge in [-0.05, 0) is 48.0 Å². The second-order valence-corrected chi connectivity index (χ2v) is 6.90. The number of aromatic nitrogens is 1. The number of methoxy groups -OCH3 is 1. The monoisotopic (exact) mass is 435 g/mol. The number of aliphatic hydroxyl groups is 1. The number of para-hydroxylation sites is 2. The van der Waals surface area contributed by atoms with Gasteiger partial charge in [-0.15, -0.1) is 0 Å². The van der Waals surface area contributed by atoms with Crippen LogP contribution in [0.3, 0.4) is 0 Å². The number of anilines is 3. The highest BCUT2D eigenvalue weighted by Gasteiger charge is 2.15. The Balaban J connectivity index is 1.63. The molecule has 9 nitrogen and oxygen atoms in total. The summed E-state index contributed by atoms with van der Waals surface area (Å²) in [5, 5.41) is 14.9. The second-order valence-electron chi connectivity index (χ2n) is 6.90. The molecule has 0 unspecified atom stereocenters. The summed E-state index contributed by atoms with van der Waals surface area (Å²) in [4.78, 5) is 30.7. The second kappa shape index (κ2) is 10.8. The summed E-state index contributed by atoms with van der Waals surface area (Å²) >= 11 is 0. The van der Waals surface area contributed by atoms with E-state index in [-0.39, 0.29) is 37.3 Å². The summed E-state index contributed by atoms with van der Waals surface area (Å²) in [5.74, 6) is 0.291. The first-order valence-electron chi connectivity index (χ1n) is 9.92. The number of nitrogen functional groups attached to an aromatic ring is 1. The van der Waals surface area contributed by atoms with Gasteiger partial charge in [0, 0.05) is 25.0 Å². The maximum Gasteiger partial charge on any atom is 0.322 e. The molecule has 0 aliphatic carbocycles. The molecule has 0 aliphatic heterocycles. The Morgan fingerprint density at radius 2 is 1.81 bits per heavy atom. The molecule has 0 saturated heterocycles.